The summed E-state index contributed by atoms with van der Waals surface area (Å²) >= 11 is 0. The maximum atomic E-state index is 11.2. The first-order chi connectivity index (χ1) is 8.66. The van der Waals surface area contributed by atoms with Gasteiger partial charge in [-0.1, -0.05) is 12.1 Å². The molecule has 0 aromatic heterocycles. The molecule has 1 aromatic carbocycles. The normalized spacial score (nSPS) is 21.3. The van der Waals surface area contributed by atoms with Crippen LogP contribution in [0.15, 0.2) is 36.5 Å². The Morgan fingerprint density at radius 3 is 2.61 bits per heavy atom. The zero-order valence-electron chi connectivity index (χ0n) is 9.68. The lowest BCUT2D eigenvalue weighted by atomic mass is 9.92. The average molecular weight is 243 g/mol. The Morgan fingerprint density at radius 1 is 1.39 bits per heavy atom. The number of aliphatic carboxylic acids is 1. The summed E-state index contributed by atoms with van der Waals surface area (Å²) in [5, 5.41) is 17.9. The number of hydrogen-bond acceptors (Lipinski definition) is 4. The van der Waals surface area contributed by atoms with E-state index < -0.39 is 11.5 Å². The van der Waals surface area contributed by atoms with Crippen LogP contribution in [0.4, 0.5) is 0 Å². The van der Waals surface area contributed by atoms with Crippen molar-refractivity contribution >= 4 is 5.97 Å². The molecule has 3 N–H and O–H groups in total. The van der Waals surface area contributed by atoms with Gasteiger partial charge < -0.3 is 10.5 Å². The van der Waals surface area contributed by atoms with Gasteiger partial charge in [-0.2, -0.15) is 5.26 Å². The van der Waals surface area contributed by atoms with Crippen LogP contribution in [0.5, 0.6) is 0 Å². The van der Waals surface area contributed by atoms with Gasteiger partial charge in [-0.25, -0.2) is 10.2 Å². The fourth-order valence-corrected chi connectivity index (χ4v) is 1.86. The molecule has 0 saturated carbocycles. The van der Waals surface area contributed by atoms with Crippen LogP contribution in [0, 0.1) is 11.3 Å². The topological polar surface area (TPSA) is 85.2 Å². The summed E-state index contributed by atoms with van der Waals surface area (Å²) in [5.74, 6) is -0.905. The fraction of sp³-hybridized carbons (Fsp3) is 0.231. The lowest BCUT2D eigenvalue weighted by Gasteiger charge is -2.22. The Labute approximate surface area is 105 Å². The van der Waals surface area contributed by atoms with Crippen LogP contribution < -0.4 is 10.9 Å². The number of hydrazine groups is 1. The Balaban J connectivity index is 2.04. The Bertz CT molecular complexity index is 516. The number of nitriles is 1. The van der Waals surface area contributed by atoms with Crippen LogP contribution in [-0.2, 0) is 11.2 Å². The second kappa shape index (κ2) is 4.90. The summed E-state index contributed by atoms with van der Waals surface area (Å²) in [6.45, 7) is 0. The summed E-state index contributed by atoms with van der Waals surface area (Å²) in [6, 6.07) is 9.21. The van der Waals surface area contributed by atoms with Crippen LogP contribution in [0.1, 0.15) is 17.5 Å². The molecule has 1 aliphatic rings. The molecule has 0 saturated heterocycles. The SMILES string of the molecule is N#Cc1ccc(CCC2(C(=O)O)C=CNN2)cc1. The first-order valence-electron chi connectivity index (χ1n) is 5.59. The third-order valence-electron chi connectivity index (χ3n) is 3.02. The monoisotopic (exact) mass is 243 g/mol. The molecule has 0 fully saturated rings. The van der Waals surface area contributed by atoms with Gasteiger partial charge in [0.15, 0.2) is 5.54 Å². The second-order valence-corrected chi connectivity index (χ2v) is 4.19. The van der Waals surface area contributed by atoms with E-state index in [0.717, 1.165) is 5.56 Å². The van der Waals surface area contributed by atoms with Gasteiger partial charge in [0.1, 0.15) is 0 Å². The number of carbonyl (C=O) groups is 1. The molecular formula is C13H13N3O2. The fourth-order valence-electron chi connectivity index (χ4n) is 1.86. The number of hydrogen-bond donors (Lipinski definition) is 3. The van der Waals surface area contributed by atoms with Crippen LogP contribution >= 0.6 is 0 Å². The molecule has 1 atom stereocenters. The summed E-state index contributed by atoms with van der Waals surface area (Å²) in [7, 11) is 0. The van der Waals surface area contributed by atoms with E-state index in [4.69, 9.17) is 5.26 Å². The summed E-state index contributed by atoms with van der Waals surface area (Å²) in [5.41, 5.74) is 6.01. The molecule has 1 aromatic rings. The van der Waals surface area contributed by atoms with Crippen molar-refractivity contribution in [2.75, 3.05) is 0 Å². The molecule has 0 aliphatic carbocycles. The number of nitrogens with one attached hydrogen (secondary N) is 2. The Kier molecular flexibility index (Phi) is 3.31. The van der Waals surface area contributed by atoms with Gasteiger partial charge in [0.2, 0.25) is 0 Å². The standard InChI is InChI=1S/C13H13N3O2/c14-9-11-3-1-10(2-4-11)5-6-13(12(17)18)7-8-15-16-13/h1-4,7-8,15-16H,5-6H2,(H,17,18). The highest BCUT2D eigenvalue weighted by Crippen LogP contribution is 2.19. The highest BCUT2D eigenvalue weighted by atomic mass is 16.4. The molecule has 18 heavy (non-hydrogen) atoms. The van der Waals surface area contributed by atoms with Gasteiger partial charge in [0.25, 0.3) is 0 Å². The van der Waals surface area contributed by atoms with E-state index in [1.807, 2.05) is 18.2 Å². The van der Waals surface area contributed by atoms with Crippen molar-refractivity contribution in [1.29, 1.82) is 5.26 Å². The number of carboxylic acids is 1. The number of aryl methyl sites for hydroxylation is 1. The predicted molar refractivity (Wildman–Crippen MR) is 65.3 cm³/mol. The van der Waals surface area contributed by atoms with Gasteiger partial charge >= 0.3 is 5.97 Å². The molecule has 2 rings (SSSR count). The van der Waals surface area contributed by atoms with Crippen LogP contribution in [-0.4, -0.2) is 16.6 Å². The zero-order chi connectivity index (χ0) is 13.0. The van der Waals surface area contributed by atoms with Crippen molar-refractivity contribution < 1.29 is 9.90 Å². The van der Waals surface area contributed by atoms with Crippen molar-refractivity contribution in [3.05, 3.63) is 47.7 Å². The first kappa shape index (κ1) is 12.1. The summed E-state index contributed by atoms with van der Waals surface area (Å²) < 4.78 is 0. The van der Waals surface area contributed by atoms with Gasteiger partial charge in [-0.15, -0.1) is 0 Å². The molecule has 5 nitrogen and oxygen atoms in total. The molecule has 1 unspecified atom stereocenters. The molecule has 92 valence electrons. The summed E-state index contributed by atoms with van der Waals surface area (Å²) in [6.07, 6.45) is 4.26. The van der Waals surface area contributed by atoms with E-state index in [9.17, 15) is 9.90 Å². The average Bonchev–Trinajstić information content (AvgIpc) is 2.87. The first-order valence-corrected chi connectivity index (χ1v) is 5.59. The van der Waals surface area contributed by atoms with Crippen LogP contribution in [0.25, 0.3) is 0 Å². The van der Waals surface area contributed by atoms with Gasteiger partial charge in [-0.3, -0.25) is 0 Å². The number of benzene rings is 1. The van der Waals surface area contributed by atoms with Crippen LogP contribution in [0.3, 0.4) is 0 Å². The lowest BCUT2D eigenvalue weighted by molar-refractivity contribution is -0.142. The van der Waals surface area contributed by atoms with Crippen molar-refractivity contribution in [3.8, 4) is 6.07 Å². The van der Waals surface area contributed by atoms with E-state index in [1.54, 1.807) is 24.4 Å². The molecule has 0 spiro atoms. The summed E-state index contributed by atoms with van der Waals surface area (Å²) in [4.78, 5) is 11.2. The minimum absolute atomic E-state index is 0.442. The van der Waals surface area contributed by atoms with E-state index in [0.29, 0.717) is 18.4 Å². The zero-order valence-corrected chi connectivity index (χ0v) is 9.68. The largest absolute Gasteiger partial charge is 0.480 e. The highest BCUT2D eigenvalue weighted by Gasteiger charge is 2.37. The van der Waals surface area contributed by atoms with Crippen molar-refractivity contribution in [2.24, 2.45) is 0 Å². The third-order valence-corrected chi connectivity index (χ3v) is 3.02. The van der Waals surface area contributed by atoms with E-state index in [1.165, 1.54) is 0 Å². The quantitative estimate of drug-likeness (QED) is 0.732. The van der Waals surface area contributed by atoms with Crippen molar-refractivity contribution in [3.63, 3.8) is 0 Å². The van der Waals surface area contributed by atoms with Gasteiger partial charge in [-0.05, 0) is 36.6 Å². The Hall–Kier alpha value is -2.32. The molecular weight excluding hydrogens is 230 g/mol. The van der Waals surface area contributed by atoms with Gasteiger partial charge in [0.05, 0.1) is 11.6 Å². The molecule has 5 heteroatoms. The van der Waals surface area contributed by atoms with E-state index >= 15 is 0 Å². The van der Waals surface area contributed by atoms with Crippen LogP contribution in [0.2, 0.25) is 0 Å². The van der Waals surface area contributed by atoms with Crippen molar-refractivity contribution in [2.45, 2.75) is 18.4 Å². The smallest absolute Gasteiger partial charge is 0.329 e. The Morgan fingerprint density at radius 2 is 2.11 bits per heavy atom. The molecule has 1 aliphatic heterocycles. The molecule has 1 heterocycles. The van der Waals surface area contributed by atoms with Gasteiger partial charge in [0, 0.05) is 6.20 Å². The maximum Gasteiger partial charge on any atom is 0.329 e. The van der Waals surface area contributed by atoms with E-state index in [2.05, 4.69) is 10.9 Å². The number of nitrogens with zero attached hydrogens (tertiary/aromatic N) is 1. The third kappa shape index (κ3) is 2.34. The minimum Gasteiger partial charge on any atom is -0.480 e. The maximum absolute atomic E-state index is 11.2. The lowest BCUT2D eigenvalue weighted by Crippen LogP contribution is -2.51. The predicted octanol–water partition coefficient (Wildman–Crippen LogP) is 0.936. The molecule has 0 bridgehead atoms. The second-order valence-electron chi connectivity index (χ2n) is 4.19. The highest BCUT2D eigenvalue weighted by molar-refractivity contribution is 5.82. The molecule has 0 amide bonds. The number of rotatable bonds is 4. The van der Waals surface area contributed by atoms with Crippen molar-refractivity contribution in [1.82, 2.24) is 10.9 Å². The van der Waals surface area contributed by atoms with E-state index in [-0.39, 0.29) is 0 Å². The minimum atomic E-state index is -1.05. The number of carboxylic acid groups (broad SMARTS) is 1. The molecule has 0 radical (unpaired) electrons.